The molecule has 0 radical (unpaired) electrons. The summed E-state index contributed by atoms with van der Waals surface area (Å²) < 4.78 is 17.1. The molecule has 12 nitrogen and oxygen atoms in total. The number of aryl methyl sites for hydroxylation is 1. The van der Waals surface area contributed by atoms with Crippen LogP contribution in [0.4, 0.5) is 11.6 Å². The third kappa shape index (κ3) is 7.62. The van der Waals surface area contributed by atoms with Crippen molar-refractivity contribution < 1.29 is 23.8 Å². The smallest absolute Gasteiger partial charge is 0.242 e. The summed E-state index contributed by atoms with van der Waals surface area (Å²) in [6.45, 7) is 6.19. The Balaban J connectivity index is 1.72. The van der Waals surface area contributed by atoms with E-state index in [1.807, 2.05) is 26.0 Å². The van der Waals surface area contributed by atoms with Crippen LogP contribution in [0.3, 0.4) is 0 Å². The van der Waals surface area contributed by atoms with Crippen LogP contribution in [-0.2, 0) is 16.0 Å². The summed E-state index contributed by atoms with van der Waals surface area (Å²) >= 11 is 0. The molecule has 1 heterocycles. The number of rotatable bonds is 13. The highest BCUT2D eigenvalue weighted by Gasteiger charge is 2.30. The van der Waals surface area contributed by atoms with Crippen molar-refractivity contribution in [3.8, 4) is 28.4 Å². The second kappa shape index (κ2) is 15.2. The predicted octanol–water partition coefficient (Wildman–Crippen LogP) is 3.71. The van der Waals surface area contributed by atoms with Crippen molar-refractivity contribution in [1.29, 1.82) is 0 Å². The van der Waals surface area contributed by atoms with Gasteiger partial charge in [-0.2, -0.15) is 0 Å². The number of nitrogens with one attached hydrogen (secondary N) is 4. The lowest BCUT2D eigenvalue weighted by atomic mass is 9.95. The molecule has 2 amide bonds. The number of hydrogen-bond donors (Lipinski definition) is 4. The molecule has 45 heavy (non-hydrogen) atoms. The first-order valence-electron chi connectivity index (χ1n) is 15.0. The van der Waals surface area contributed by atoms with Crippen LogP contribution in [-0.4, -0.2) is 62.2 Å². The van der Waals surface area contributed by atoms with Crippen molar-refractivity contribution in [1.82, 2.24) is 20.6 Å². The van der Waals surface area contributed by atoms with Gasteiger partial charge in [0, 0.05) is 38.0 Å². The number of methoxy groups -OCH3 is 3. The van der Waals surface area contributed by atoms with Crippen LogP contribution >= 0.6 is 0 Å². The van der Waals surface area contributed by atoms with Crippen molar-refractivity contribution in [2.45, 2.75) is 52.1 Å². The van der Waals surface area contributed by atoms with Gasteiger partial charge in [0.25, 0.3) is 0 Å². The van der Waals surface area contributed by atoms with Gasteiger partial charge in [0.2, 0.25) is 28.9 Å². The van der Waals surface area contributed by atoms with Crippen LogP contribution in [0.5, 0.6) is 17.2 Å². The van der Waals surface area contributed by atoms with Crippen molar-refractivity contribution in [3.05, 3.63) is 64.1 Å². The quantitative estimate of drug-likeness (QED) is 0.209. The molecule has 3 atom stereocenters. The van der Waals surface area contributed by atoms with Gasteiger partial charge in [0.1, 0.15) is 6.04 Å². The maximum atomic E-state index is 13.8. The summed E-state index contributed by atoms with van der Waals surface area (Å²) in [5, 5.41) is 12.3. The molecule has 3 unspecified atom stereocenters. The normalized spacial score (nSPS) is 14.8. The van der Waals surface area contributed by atoms with E-state index in [0.717, 1.165) is 11.1 Å². The van der Waals surface area contributed by atoms with Gasteiger partial charge in [-0.25, -0.2) is 9.97 Å². The van der Waals surface area contributed by atoms with E-state index in [1.165, 1.54) is 6.92 Å². The van der Waals surface area contributed by atoms with E-state index in [-0.39, 0.29) is 28.8 Å². The monoisotopic (exact) mass is 618 g/mol. The largest absolute Gasteiger partial charge is 0.493 e. The van der Waals surface area contributed by atoms with E-state index < -0.39 is 12.1 Å². The number of hydrogen-bond acceptors (Lipinski definition) is 10. The van der Waals surface area contributed by atoms with E-state index in [2.05, 4.69) is 31.2 Å². The standard InChI is InChI=1S/C33H42N6O6/c1-7-19(2)29(32(42)34-15-16-37-33-35-13-8-14-36-33)39-25-12-10-22-23(18-26(25)41)24(38-20(3)40)11-9-21-17-27(43-4)30(44-5)31(45-6)28(21)22/h8,10,12-14,17-19,24,29H,7,9,11,15-16H2,1-6H3,(H,34,42)(H,38,40)(H,39,41)(H,35,36,37). The van der Waals surface area contributed by atoms with Crippen LogP contribution in [0.1, 0.15) is 50.8 Å². The highest BCUT2D eigenvalue weighted by molar-refractivity contribution is 5.86. The van der Waals surface area contributed by atoms with Gasteiger partial charge in [-0.15, -0.1) is 0 Å². The van der Waals surface area contributed by atoms with Gasteiger partial charge in [-0.1, -0.05) is 26.3 Å². The molecule has 0 saturated carbocycles. The summed E-state index contributed by atoms with van der Waals surface area (Å²) in [5.74, 6) is 1.37. The molecule has 240 valence electrons. The molecule has 12 heteroatoms. The average molecular weight is 619 g/mol. The molecule has 1 aromatic heterocycles. The molecular formula is C33H42N6O6. The molecule has 0 bridgehead atoms. The Hall–Kier alpha value is -4.87. The lowest BCUT2D eigenvalue weighted by Crippen LogP contribution is -2.45. The Bertz CT molecular complexity index is 1570. The molecule has 1 aliphatic carbocycles. The molecule has 1 aliphatic rings. The summed E-state index contributed by atoms with van der Waals surface area (Å²) in [6.07, 6.45) is 5.12. The molecular weight excluding hydrogens is 576 g/mol. The van der Waals surface area contributed by atoms with Gasteiger partial charge in [-0.05, 0) is 59.7 Å². The lowest BCUT2D eigenvalue weighted by molar-refractivity contribution is -0.122. The number of benzene rings is 1. The minimum absolute atomic E-state index is 0.0807. The van der Waals surface area contributed by atoms with E-state index in [1.54, 1.807) is 51.9 Å². The number of nitrogens with zero attached hydrogens (tertiary/aromatic N) is 2. The maximum absolute atomic E-state index is 13.8. The number of carbonyl (C=O) groups is 2. The van der Waals surface area contributed by atoms with Gasteiger partial charge >= 0.3 is 0 Å². The maximum Gasteiger partial charge on any atom is 0.242 e. The number of anilines is 2. The predicted molar refractivity (Wildman–Crippen MR) is 173 cm³/mol. The first-order valence-corrected chi connectivity index (χ1v) is 15.0. The number of aromatic nitrogens is 2. The zero-order valence-electron chi connectivity index (χ0n) is 26.7. The molecule has 4 N–H and O–H groups in total. The molecule has 0 saturated heterocycles. The summed E-state index contributed by atoms with van der Waals surface area (Å²) in [4.78, 5) is 47.7. The SMILES string of the molecule is CCC(C)C(Nc1ccc2c(cc1=O)C(NC(C)=O)CCc1cc(OC)c(OC)c(OC)c1-2)C(=O)NCCNc1ncccn1. The molecule has 2 aromatic carbocycles. The van der Waals surface area contributed by atoms with E-state index in [0.29, 0.717) is 66.7 Å². The van der Waals surface area contributed by atoms with Crippen LogP contribution in [0.25, 0.3) is 11.1 Å². The minimum Gasteiger partial charge on any atom is -0.493 e. The fourth-order valence-corrected chi connectivity index (χ4v) is 5.56. The van der Waals surface area contributed by atoms with E-state index in [4.69, 9.17) is 14.2 Å². The van der Waals surface area contributed by atoms with Crippen LogP contribution in [0.15, 0.2) is 47.5 Å². The fourth-order valence-electron chi connectivity index (χ4n) is 5.56. The highest BCUT2D eigenvalue weighted by atomic mass is 16.5. The Morgan fingerprint density at radius 3 is 2.40 bits per heavy atom. The Morgan fingerprint density at radius 2 is 1.76 bits per heavy atom. The number of fused-ring (bicyclic) bond motifs is 3. The van der Waals surface area contributed by atoms with Crippen molar-refractivity contribution in [2.75, 3.05) is 45.1 Å². The Morgan fingerprint density at radius 1 is 1.02 bits per heavy atom. The van der Waals surface area contributed by atoms with Crippen LogP contribution in [0.2, 0.25) is 0 Å². The van der Waals surface area contributed by atoms with Crippen LogP contribution in [0, 0.1) is 5.92 Å². The van der Waals surface area contributed by atoms with Gasteiger partial charge in [0.05, 0.1) is 33.1 Å². The van der Waals surface area contributed by atoms with Crippen LogP contribution < -0.4 is 40.9 Å². The number of ether oxygens (including phenoxy) is 3. The Kier molecular flexibility index (Phi) is 11.2. The van der Waals surface area contributed by atoms with E-state index in [9.17, 15) is 14.4 Å². The third-order valence-electron chi connectivity index (χ3n) is 8.00. The topological polar surface area (TPSA) is 153 Å². The molecule has 4 rings (SSSR count). The number of carbonyl (C=O) groups excluding carboxylic acids is 2. The van der Waals surface area contributed by atoms with E-state index >= 15 is 0 Å². The zero-order valence-corrected chi connectivity index (χ0v) is 26.7. The van der Waals surface area contributed by atoms with Crippen molar-refractivity contribution >= 4 is 23.5 Å². The van der Waals surface area contributed by atoms with Crippen molar-refractivity contribution in [3.63, 3.8) is 0 Å². The lowest BCUT2D eigenvalue weighted by Gasteiger charge is -2.24. The summed E-state index contributed by atoms with van der Waals surface area (Å²) in [6, 6.07) is 7.59. The number of amides is 2. The van der Waals surface area contributed by atoms with Gasteiger partial charge < -0.3 is 35.5 Å². The zero-order chi connectivity index (χ0) is 32.5. The third-order valence-corrected chi connectivity index (χ3v) is 8.00. The second-order valence-corrected chi connectivity index (χ2v) is 10.9. The summed E-state index contributed by atoms with van der Waals surface area (Å²) in [7, 11) is 4.66. The average Bonchev–Trinajstić information content (AvgIpc) is 3.28. The minimum atomic E-state index is -0.671. The Labute approximate surface area is 263 Å². The van der Waals surface area contributed by atoms with Crippen molar-refractivity contribution in [2.24, 2.45) is 5.92 Å². The molecule has 0 fully saturated rings. The van der Waals surface area contributed by atoms with Gasteiger partial charge in [-0.3, -0.25) is 14.4 Å². The summed E-state index contributed by atoms with van der Waals surface area (Å²) in [5.41, 5.74) is 3.00. The molecule has 0 spiro atoms. The molecule has 3 aromatic rings. The first-order chi connectivity index (χ1) is 21.7. The first kappa shape index (κ1) is 33.0. The molecule has 0 aliphatic heterocycles. The van der Waals surface area contributed by atoms with Gasteiger partial charge in [0.15, 0.2) is 11.5 Å². The second-order valence-electron chi connectivity index (χ2n) is 10.9. The fraction of sp³-hybridized carbons (Fsp3) is 0.424. The highest BCUT2D eigenvalue weighted by Crippen LogP contribution is 2.50.